The second-order valence-electron chi connectivity index (χ2n) is 4.36. The fourth-order valence-electron chi connectivity index (χ4n) is 2.14. The van der Waals surface area contributed by atoms with Crippen LogP contribution in [0.2, 0.25) is 5.02 Å². The Morgan fingerprint density at radius 1 is 0.944 bits per heavy atom. The van der Waals surface area contributed by atoms with E-state index in [1.165, 1.54) is 0 Å². The van der Waals surface area contributed by atoms with Crippen molar-refractivity contribution in [1.29, 1.82) is 0 Å². The first-order valence-electron chi connectivity index (χ1n) is 5.86. The molecule has 0 aliphatic carbocycles. The number of hydrogen-bond donors (Lipinski definition) is 0. The highest BCUT2D eigenvalue weighted by molar-refractivity contribution is 6.31. The summed E-state index contributed by atoms with van der Waals surface area (Å²) in [6.07, 6.45) is 0. The molecule has 1 heterocycles. The van der Waals surface area contributed by atoms with E-state index < -0.39 is 0 Å². The smallest absolute Gasteiger partial charge is 0.0739 e. The summed E-state index contributed by atoms with van der Waals surface area (Å²) in [5, 5.41) is 1.84. The van der Waals surface area contributed by atoms with Crippen LogP contribution in [0.15, 0.2) is 54.6 Å². The van der Waals surface area contributed by atoms with Crippen molar-refractivity contribution in [2.45, 2.75) is 6.92 Å². The van der Waals surface area contributed by atoms with Crippen LogP contribution in [-0.2, 0) is 0 Å². The first kappa shape index (κ1) is 11.2. The van der Waals surface area contributed by atoms with Crippen LogP contribution in [0.1, 0.15) is 5.56 Å². The molecule has 1 nitrogen and oxygen atoms in total. The molecule has 3 aromatic rings. The molecule has 0 aliphatic rings. The average molecular weight is 254 g/mol. The Morgan fingerprint density at radius 2 is 1.72 bits per heavy atom. The molecule has 0 spiro atoms. The zero-order valence-corrected chi connectivity index (χ0v) is 10.8. The zero-order valence-electron chi connectivity index (χ0n) is 10.0. The topological polar surface area (TPSA) is 12.9 Å². The number of aryl methyl sites for hydroxylation is 1. The first-order chi connectivity index (χ1) is 8.74. The molecular weight excluding hydrogens is 242 g/mol. The minimum Gasteiger partial charge on any atom is -0.248 e. The van der Waals surface area contributed by atoms with Crippen LogP contribution in [0, 0.1) is 6.92 Å². The van der Waals surface area contributed by atoms with Gasteiger partial charge < -0.3 is 0 Å². The lowest BCUT2D eigenvalue weighted by atomic mass is 10.1. The van der Waals surface area contributed by atoms with E-state index in [2.05, 4.69) is 18.2 Å². The lowest BCUT2D eigenvalue weighted by Crippen LogP contribution is -1.88. The molecule has 2 heteroatoms. The summed E-state index contributed by atoms with van der Waals surface area (Å²) in [6.45, 7) is 2.04. The van der Waals surface area contributed by atoms with Gasteiger partial charge in [0.25, 0.3) is 0 Å². The number of halogens is 1. The van der Waals surface area contributed by atoms with Crippen molar-refractivity contribution in [3.63, 3.8) is 0 Å². The Balaban J connectivity index is 2.23. The summed E-state index contributed by atoms with van der Waals surface area (Å²) >= 11 is 6.05. The van der Waals surface area contributed by atoms with Gasteiger partial charge in [-0.2, -0.15) is 0 Å². The van der Waals surface area contributed by atoms with Crippen LogP contribution in [0.3, 0.4) is 0 Å². The van der Waals surface area contributed by atoms with E-state index >= 15 is 0 Å². The normalized spacial score (nSPS) is 10.8. The van der Waals surface area contributed by atoms with Gasteiger partial charge in [0, 0.05) is 16.0 Å². The Morgan fingerprint density at radius 3 is 2.50 bits per heavy atom. The highest BCUT2D eigenvalue weighted by atomic mass is 35.5. The molecule has 18 heavy (non-hydrogen) atoms. The monoisotopic (exact) mass is 253 g/mol. The van der Waals surface area contributed by atoms with Gasteiger partial charge in [-0.25, -0.2) is 4.98 Å². The molecule has 0 bridgehead atoms. The maximum atomic E-state index is 6.05. The third kappa shape index (κ3) is 1.98. The van der Waals surface area contributed by atoms with Crippen molar-refractivity contribution < 1.29 is 0 Å². The quantitative estimate of drug-likeness (QED) is 0.603. The number of pyridine rings is 1. The van der Waals surface area contributed by atoms with Gasteiger partial charge in [0.05, 0.1) is 11.2 Å². The van der Waals surface area contributed by atoms with Crippen molar-refractivity contribution in [2.24, 2.45) is 0 Å². The van der Waals surface area contributed by atoms with Crippen LogP contribution in [-0.4, -0.2) is 4.98 Å². The number of nitrogens with zero attached hydrogens (tertiary/aromatic N) is 1. The fourth-order valence-corrected chi connectivity index (χ4v) is 2.42. The molecule has 0 radical (unpaired) electrons. The van der Waals surface area contributed by atoms with E-state index in [9.17, 15) is 0 Å². The predicted octanol–water partition coefficient (Wildman–Crippen LogP) is 4.86. The number of rotatable bonds is 1. The largest absolute Gasteiger partial charge is 0.248 e. The van der Waals surface area contributed by atoms with Crippen LogP contribution in [0.25, 0.3) is 22.2 Å². The van der Waals surface area contributed by atoms with Crippen molar-refractivity contribution >= 4 is 22.5 Å². The number of benzene rings is 2. The molecule has 0 amide bonds. The number of fused-ring (bicyclic) bond motifs is 1. The first-order valence-corrected chi connectivity index (χ1v) is 6.24. The minimum absolute atomic E-state index is 0.759. The summed E-state index contributed by atoms with van der Waals surface area (Å²) in [4.78, 5) is 4.73. The van der Waals surface area contributed by atoms with Crippen molar-refractivity contribution in [2.75, 3.05) is 0 Å². The second kappa shape index (κ2) is 4.43. The minimum atomic E-state index is 0.759. The molecule has 1 aromatic heterocycles. The van der Waals surface area contributed by atoms with Gasteiger partial charge in [0.15, 0.2) is 0 Å². The molecule has 0 saturated heterocycles. The summed E-state index contributed by atoms with van der Waals surface area (Å²) in [7, 11) is 0. The summed E-state index contributed by atoms with van der Waals surface area (Å²) < 4.78 is 0. The Labute approximate surface area is 111 Å². The predicted molar refractivity (Wildman–Crippen MR) is 76.9 cm³/mol. The molecule has 0 fully saturated rings. The van der Waals surface area contributed by atoms with Crippen molar-refractivity contribution in [3.05, 3.63) is 65.2 Å². The molecule has 0 saturated carbocycles. The standard InChI is InChI=1S/C16H12ClN/c1-11-9-14(17)10-13-7-8-15(18-16(11)13)12-5-3-2-4-6-12/h2-10H,1H3. The molecule has 88 valence electrons. The number of hydrogen-bond acceptors (Lipinski definition) is 1. The van der Waals surface area contributed by atoms with E-state index in [1.54, 1.807) is 0 Å². The summed E-state index contributed by atoms with van der Waals surface area (Å²) in [5.74, 6) is 0. The van der Waals surface area contributed by atoms with Crippen LogP contribution in [0.5, 0.6) is 0 Å². The molecule has 2 aromatic carbocycles. The van der Waals surface area contributed by atoms with E-state index in [4.69, 9.17) is 16.6 Å². The van der Waals surface area contributed by atoms with Gasteiger partial charge in [-0.1, -0.05) is 48.0 Å². The maximum Gasteiger partial charge on any atom is 0.0739 e. The maximum absolute atomic E-state index is 6.05. The SMILES string of the molecule is Cc1cc(Cl)cc2ccc(-c3ccccc3)nc12. The van der Waals surface area contributed by atoms with Crippen molar-refractivity contribution in [3.8, 4) is 11.3 Å². The van der Waals surface area contributed by atoms with E-state index in [-0.39, 0.29) is 0 Å². The van der Waals surface area contributed by atoms with Crippen LogP contribution in [0.4, 0.5) is 0 Å². The molecule has 0 atom stereocenters. The third-order valence-corrected chi connectivity index (χ3v) is 3.24. The van der Waals surface area contributed by atoms with Gasteiger partial charge in [0.2, 0.25) is 0 Å². The van der Waals surface area contributed by atoms with Crippen LogP contribution >= 0.6 is 11.6 Å². The summed E-state index contributed by atoms with van der Waals surface area (Å²) in [5.41, 5.74) is 4.25. The molecule has 0 unspecified atom stereocenters. The second-order valence-corrected chi connectivity index (χ2v) is 4.79. The van der Waals surface area contributed by atoms with E-state index in [0.29, 0.717) is 0 Å². The zero-order chi connectivity index (χ0) is 12.5. The Hall–Kier alpha value is -1.86. The van der Waals surface area contributed by atoms with Gasteiger partial charge in [-0.15, -0.1) is 0 Å². The highest BCUT2D eigenvalue weighted by Gasteiger charge is 2.04. The fraction of sp³-hybridized carbons (Fsp3) is 0.0625. The lowest BCUT2D eigenvalue weighted by Gasteiger charge is -2.06. The molecule has 0 N–H and O–H groups in total. The van der Waals surface area contributed by atoms with Gasteiger partial charge in [-0.05, 0) is 30.7 Å². The molecular formula is C16H12ClN. The lowest BCUT2D eigenvalue weighted by molar-refractivity contribution is 1.36. The Kier molecular flexibility index (Phi) is 2.77. The average Bonchev–Trinajstić information content (AvgIpc) is 2.39. The Bertz CT molecular complexity index is 705. The third-order valence-electron chi connectivity index (χ3n) is 3.02. The highest BCUT2D eigenvalue weighted by Crippen LogP contribution is 2.25. The van der Waals surface area contributed by atoms with Gasteiger partial charge in [0.1, 0.15) is 0 Å². The van der Waals surface area contributed by atoms with E-state index in [0.717, 1.165) is 32.7 Å². The van der Waals surface area contributed by atoms with Gasteiger partial charge in [-0.3, -0.25) is 0 Å². The summed E-state index contributed by atoms with van der Waals surface area (Å²) in [6, 6.07) is 18.2. The van der Waals surface area contributed by atoms with Crippen molar-refractivity contribution in [1.82, 2.24) is 4.98 Å². The van der Waals surface area contributed by atoms with E-state index in [1.807, 2.05) is 43.3 Å². The van der Waals surface area contributed by atoms with Gasteiger partial charge >= 0.3 is 0 Å². The molecule has 0 aliphatic heterocycles. The molecule has 3 rings (SSSR count). The number of aromatic nitrogens is 1. The van der Waals surface area contributed by atoms with Crippen LogP contribution < -0.4 is 0 Å².